The molecule has 0 aliphatic carbocycles. The van der Waals surface area contributed by atoms with E-state index in [2.05, 4.69) is 24.1 Å². The van der Waals surface area contributed by atoms with Gasteiger partial charge in [0.1, 0.15) is 5.75 Å². The van der Waals surface area contributed by atoms with Crippen LogP contribution in [0.15, 0.2) is 48.5 Å². The van der Waals surface area contributed by atoms with Crippen LogP contribution in [-0.2, 0) is 9.53 Å². The molecular weight excluding hydrogens is 388 g/mol. The molecule has 0 spiro atoms. The molecule has 1 aliphatic heterocycles. The van der Waals surface area contributed by atoms with Crippen LogP contribution in [0.2, 0.25) is 5.02 Å². The third-order valence-corrected chi connectivity index (χ3v) is 5.40. The largest absolute Gasteiger partial charge is 0.484 e. The first-order valence-electron chi connectivity index (χ1n) is 10.1. The number of benzene rings is 2. The highest BCUT2D eigenvalue weighted by atomic mass is 35.5. The molecule has 0 aromatic heterocycles. The van der Waals surface area contributed by atoms with Crippen LogP contribution in [0, 0.1) is 0 Å². The van der Waals surface area contributed by atoms with Gasteiger partial charge in [-0.15, -0.1) is 0 Å². The second-order valence-corrected chi connectivity index (χ2v) is 7.97. The van der Waals surface area contributed by atoms with Crippen LogP contribution in [0.3, 0.4) is 0 Å². The summed E-state index contributed by atoms with van der Waals surface area (Å²) in [4.78, 5) is 14.7. The van der Waals surface area contributed by atoms with Gasteiger partial charge in [-0.2, -0.15) is 0 Å². The summed E-state index contributed by atoms with van der Waals surface area (Å²) in [6.07, 6.45) is 0. The Kier molecular flexibility index (Phi) is 7.92. The first kappa shape index (κ1) is 21.6. The molecule has 1 heterocycles. The second kappa shape index (κ2) is 10.6. The molecule has 1 aliphatic rings. The molecule has 29 heavy (non-hydrogen) atoms. The normalized spacial score (nSPS) is 15.9. The average molecular weight is 417 g/mol. The molecule has 0 bridgehead atoms. The SMILES string of the molecule is CC(C)c1ccc(OCC(=O)NCC(c2ccc(Cl)cc2)N2CCOCC2)cc1. The number of hydrogen-bond donors (Lipinski definition) is 1. The molecule has 0 saturated carbocycles. The van der Waals surface area contributed by atoms with Gasteiger partial charge in [-0.1, -0.05) is 49.7 Å². The zero-order valence-electron chi connectivity index (χ0n) is 17.1. The Morgan fingerprint density at radius 3 is 2.31 bits per heavy atom. The minimum absolute atomic E-state index is 0.00251. The second-order valence-electron chi connectivity index (χ2n) is 7.53. The summed E-state index contributed by atoms with van der Waals surface area (Å²) in [6.45, 7) is 7.88. The van der Waals surface area contributed by atoms with Crippen LogP contribution in [0.5, 0.6) is 5.75 Å². The summed E-state index contributed by atoms with van der Waals surface area (Å²) in [5.74, 6) is 1.04. The molecule has 5 nitrogen and oxygen atoms in total. The number of nitrogens with one attached hydrogen (secondary N) is 1. The van der Waals surface area contributed by atoms with Crippen LogP contribution in [0.1, 0.15) is 36.9 Å². The van der Waals surface area contributed by atoms with Gasteiger partial charge in [0.25, 0.3) is 5.91 Å². The predicted molar refractivity (Wildman–Crippen MR) is 116 cm³/mol. The van der Waals surface area contributed by atoms with Crippen molar-refractivity contribution in [1.82, 2.24) is 10.2 Å². The first-order chi connectivity index (χ1) is 14.0. The van der Waals surface area contributed by atoms with Gasteiger partial charge in [0.05, 0.1) is 19.3 Å². The van der Waals surface area contributed by atoms with E-state index in [1.807, 2.05) is 48.5 Å². The van der Waals surface area contributed by atoms with Gasteiger partial charge in [0.15, 0.2) is 6.61 Å². The monoisotopic (exact) mass is 416 g/mol. The fraction of sp³-hybridized carbons (Fsp3) is 0.435. The van der Waals surface area contributed by atoms with Gasteiger partial charge in [-0.3, -0.25) is 9.69 Å². The molecule has 2 aromatic rings. The van der Waals surface area contributed by atoms with Crippen molar-refractivity contribution in [2.45, 2.75) is 25.8 Å². The molecule has 1 N–H and O–H groups in total. The number of nitrogens with zero attached hydrogens (tertiary/aromatic N) is 1. The van der Waals surface area contributed by atoms with Crippen LogP contribution < -0.4 is 10.1 Å². The zero-order valence-corrected chi connectivity index (χ0v) is 17.8. The van der Waals surface area contributed by atoms with Crippen LogP contribution in [0.4, 0.5) is 0 Å². The number of hydrogen-bond acceptors (Lipinski definition) is 4. The Labute approximate surface area is 177 Å². The number of halogens is 1. The van der Waals surface area contributed by atoms with E-state index in [1.54, 1.807) is 0 Å². The van der Waals surface area contributed by atoms with Gasteiger partial charge in [0, 0.05) is 24.7 Å². The van der Waals surface area contributed by atoms with Crippen molar-refractivity contribution in [2.24, 2.45) is 0 Å². The highest BCUT2D eigenvalue weighted by Crippen LogP contribution is 2.23. The predicted octanol–water partition coefficient (Wildman–Crippen LogP) is 4.03. The maximum Gasteiger partial charge on any atom is 0.258 e. The van der Waals surface area contributed by atoms with Crippen molar-refractivity contribution in [3.05, 3.63) is 64.7 Å². The van der Waals surface area contributed by atoms with E-state index in [-0.39, 0.29) is 18.6 Å². The molecule has 2 aromatic carbocycles. The van der Waals surface area contributed by atoms with Crippen molar-refractivity contribution < 1.29 is 14.3 Å². The number of amides is 1. The number of rotatable bonds is 8. The lowest BCUT2D eigenvalue weighted by Gasteiger charge is -2.35. The number of morpholine rings is 1. The van der Waals surface area contributed by atoms with Gasteiger partial charge >= 0.3 is 0 Å². The summed E-state index contributed by atoms with van der Waals surface area (Å²) in [5.41, 5.74) is 2.37. The van der Waals surface area contributed by atoms with Gasteiger partial charge in [-0.25, -0.2) is 0 Å². The van der Waals surface area contributed by atoms with Crippen molar-refractivity contribution >= 4 is 17.5 Å². The first-order valence-corrected chi connectivity index (χ1v) is 10.5. The molecule has 156 valence electrons. The summed E-state index contributed by atoms with van der Waals surface area (Å²) >= 11 is 6.04. The quantitative estimate of drug-likeness (QED) is 0.705. The lowest BCUT2D eigenvalue weighted by atomic mass is 10.0. The topological polar surface area (TPSA) is 50.8 Å². The van der Waals surface area contributed by atoms with Crippen molar-refractivity contribution in [3.63, 3.8) is 0 Å². The number of carbonyl (C=O) groups is 1. The van der Waals surface area contributed by atoms with E-state index in [0.717, 1.165) is 18.7 Å². The van der Waals surface area contributed by atoms with Crippen LogP contribution in [-0.4, -0.2) is 50.3 Å². The molecule has 1 atom stereocenters. The molecule has 6 heteroatoms. The third-order valence-electron chi connectivity index (χ3n) is 5.15. The van der Waals surface area contributed by atoms with Crippen molar-refractivity contribution in [3.8, 4) is 5.75 Å². The summed E-state index contributed by atoms with van der Waals surface area (Å²) in [5, 5.41) is 3.72. The zero-order chi connectivity index (χ0) is 20.6. The van der Waals surface area contributed by atoms with Gasteiger partial charge in [-0.05, 0) is 41.3 Å². The molecule has 1 saturated heterocycles. The molecule has 1 amide bonds. The Balaban J connectivity index is 1.55. The molecule has 1 fully saturated rings. The van der Waals surface area contributed by atoms with E-state index in [1.165, 1.54) is 5.56 Å². The minimum Gasteiger partial charge on any atom is -0.484 e. The Morgan fingerprint density at radius 2 is 1.69 bits per heavy atom. The number of carbonyl (C=O) groups excluding carboxylic acids is 1. The molecule has 1 unspecified atom stereocenters. The van der Waals surface area contributed by atoms with E-state index in [0.29, 0.717) is 36.4 Å². The van der Waals surface area contributed by atoms with Gasteiger partial charge < -0.3 is 14.8 Å². The maximum absolute atomic E-state index is 12.4. The summed E-state index contributed by atoms with van der Waals surface area (Å²) < 4.78 is 11.1. The Hall–Kier alpha value is -2.08. The fourth-order valence-corrected chi connectivity index (χ4v) is 3.52. The molecule has 3 rings (SSSR count). The van der Waals surface area contributed by atoms with Crippen molar-refractivity contribution in [1.29, 1.82) is 0 Å². The molecule has 0 radical (unpaired) electrons. The van der Waals surface area contributed by atoms with E-state index in [4.69, 9.17) is 21.1 Å². The van der Waals surface area contributed by atoms with Crippen LogP contribution in [0.25, 0.3) is 0 Å². The highest BCUT2D eigenvalue weighted by molar-refractivity contribution is 6.30. The standard InChI is InChI=1S/C23H29ClN2O3/c1-17(2)18-5-9-21(10-6-18)29-16-23(27)25-15-22(26-11-13-28-14-12-26)19-3-7-20(24)8-4-19/h3-10,17,22H,11-16H2,1-2H3,(H,25,27). The third kappa shape index (κ3) is 6.46. The minimum atomic E-state index is -0.134. The van der Waals surface area contributed by atoms with Crippen molar-refractivity contribution in [2.75, 3.05) is 39.5 Å². The van der Waals surface area contributed by atoms with E-state index < -0.39 is 0 Å². The summed E-state index contributed by atoms with van der Waals surface area (Å²) in [7, 11) is 0. The smallest absolute Gasteiger partial charge is 0.258 e. The lowest BCUT2D eigenvalue weighted by molar-refractivity contribution is -0.123. The van der Waals surface area contributed by atoms with Crippen LogP contribution >= 0.6 is 11.6 Å². The van der Waals surface area contributed by atoms with Gasteiger partial charge in [0.2, 0.25) is 0 Å². The van der Waals surface area contributed by atoms with E-state index >= 15 is 0 Å². The molecular formula is C23H29ClN2O3. The maximum atomic E-state index is 12.4. The fourth-order valence-electron chi connectivity index (χ4n) is 3.39. The van der Waals surface area contributed by atoms with E-state index in [9.17, 15) is 4.79 Å². The highest BCUT2D eigenvalue weighted by Gasteiger charge is 2.23. The number of ether oxygens (including phenoxy) is 2. The lowest BCUT2D eigenvalue weighted by Crippen LogP contribution is -2.44. The Morgan fingerprint density at radius 1 is 1.07 bits per heavy atom. The average Bonchev–Trinajstić information content (AvgIpc) is 2.74. The Bertz CT molecular complexity index is 772. The summed E-state index contributed by atoms with van der Waals surface area (Å²) in [6, 6.07) is 15.8.